The number of rotatable bonds is 4. The second kappa shape index (κ2) is 7.23. The van der Waals surface area contributed by atoms with Crippen LogP contribution in [0.1, 0.15) is 37.4 Å². The second-order valence-corrected chi connectivity index (χ2v) is 7.90. The first-order chi connectivity index (χ1) is 13.7. The largest absolute Gasteiger partial charge is 0.386 e. The number of hydrogen-bond donors (Lipinski definition) is 1. The fraction of sp³-hybridized carbons (Fsp3) is 0.579. The van der Waals surface area contributed by atoms with Crippen molar-refractivity contribution in [3.05, 3.63) is 36.4 Å². The Labute approximate surface area is 162 Å². The third-order valence-corrected chi connectivity index (χ3v) is 5.78. The average Bonchev–Trinajstić information content (AvgIpc) is 3.38. The number of fused-ring (bicyclic) bond motifs is 1. The molecule has 0 saturated carbocycles. The molecular formula is C19H25N7O2. The van der Waals surface area contributed by atoms with E-state index in [1.807, 2.05) is 28.9 Å². The van der Waals surface area contributed by atoms with Crippen LogP contribution in [0, 0.1) is 0 Å². The average molecular weight is 383 g/mol. The maximum atomic E-state index is 10.7. The zero-order valence-corrected chi connectivity index (χ0v) is 15.8. The molecule has 3 aromatic rings. The monoisotopic (exact) mass is 383 g/mol. The van der Waals surface area contributed by atoms with Crippen LogP contribution in [0.25, 0.3) is 11.5 Å². The highest BCUT2D eigenvalue weighted by atomic mass is 16.5. The van der Waals surface area contributed by atoms with Gasteiger partial charge in [0.15, 0.2) is 17.3 Å². The Morgan fingerprint density at radius 1 is 1.21 bits per heavy atom. The van der Waals surface area contributed by atoms with Gasteiger partial charge in [-0.15, -0.1) is 15.3 Å². The van der Waals surface area contributed by atoms with E-state index in [2.05, 4.69) is 20.2 Å². The molecule has 1 N–H and O–H groups in total. The lowest BCUT2D eigenvalue weighted by Gasteiger charge is -2.39. The standard InChI is InChI=1S/C19H25N7O2/c27-19(7-1-12-28-14-19)13-24-10-5-15(6-11-24)18-22-21-16-3-4-17(23-26(16)18)25-9-2-8-20-25/h2-4,8-9,15,27H,1,5-7,10-14H2. The van der Waals surface area contributed by atoms with Gasteiger partial charge in [0, 0.05) is 31.5 Å². The van der Waals surface area contributed by atoms with Crippen molar-refractivity contribution in [2.45, 2.75) is 37.2 Å². The van der Waals surface area contributed by atoms with Gasteiger partial charge in [0.05, 0.1) is 6.61 Å². The molecule has 148 valence electrons. The van der Waals surface area contributed by atoms with Crippen LogP contribution in [0.3, 0.4) is 0 Å². The molecule has 9 heteroatoms. The van der Waals surface area contributed by atoms with Gasteiger partial charge in [-0.05, 0) is 57.0 Å². The first-order valence-electron chi connectivity index (χ1n) is 9.95. The predicted octanol–water partition coefficient (Wildman–Crippen LogP) is 1.03. The predicted molar refractivity (Wildman–Crippen MR) is 101 cm³/mol. The highest BCUT2D eigenvalue weighted by Crippen LogP contribution is 2.29. The number of ether oxygens (including phenoxy) is 1. The van der Waals surface area contributed by atoms with E-state index in [1.54, 1.807) is 10.9 Å². The maximum Gasteiger partial charge on any atom is 0.178 e. The minimum atomic E-state index is -0.702. The van der Waals surface area contributed by atoms with Crippen LogP contribution in [-0.2, 0) is 4.74 Å². The van der Waals surface area contributed by atoms with Crippen molar-refractivity contribution in [2.75, 3.05) is 32.8 Å². The van der Waals surface area contributed by atoms with E-state index in [0.29, 0.717) is 19.1 Å². The number of hydrogen-bond acceptors (Lipinski definition) is 7. The molecule has 0 spiro atoms. The van der Waals surface area contributed by atoms with Crippen LogP contribution in [0.2, 0.25) is 0 Å². The molecular weight excluding hydrogens is 358 g/mol. The lowest BCUT2D eigenvalue weighted by atomic mass is 9.92. The van der Waals surface area contributed by atoms with Gasteiger partial charge in [-0.3, -0.25) is 0 Å². The van der Waals surface area contributed by atoms with E-state index in [0.717, 1.165) is 62.7 Å². The Hall–Kier alpha value is -2.36. The topological polar surface area (TPSA) is 93.6 Å². The summed E-state index contributed by atoms with van der Waals surface area (Å²) < 4.78 is 9.07. The fourth-order valence-electron chi connectivity index (χ4n) is 4.30. The summed E-state index contributed by atoms with van der Waals surface area (Å²) >= 11 is 0. The molecule has 0 aliphatic carbocycles. The van der Waals surface area contributed by atoms with E-state index in [9.17, 15) is 5.11 Å². The number of likely N-dealkylation sites (tertiary alicyclic amines) is 1. The highest BCUT2D eigenvalue weighted by Gasteiger charge is 2.34. The highest BCUT2D eigenvalue weighted by molar-refractivity contribution is 5.39. The third-order valence-electron chi connectivity index (χ3n) is 5.78. The van der Waals surface area contributed by atoms with Gasteiger partial charge in [0.2, 0.25) is 0 Å². The second-order valence-electron chi connectivity index (χ2n) is 7.90. The smallest absolute Gasteiger partial charge is 0.178 e. The van der Waals surface area contributed by atoms with Crippen LogP contribution >= 0.6 is 0 Å². The summed E-state index contributed by atoms with van der Waals surface area (Å²) in [6.07, 6.45) is 7.32. The molecule has 3 aromatic heterocycles. The van der Waals surface area contributed by atoms with E-state index >= 15 is 0 Å². The Bertz CT molecular complexity index is 925. The lowest BCUT2D eigenvalue weighted by Crippen LogP contribution is -2.50. The molecule has 2 aliphatic rings. The zero-order chi connectivity index (χ0) is 19.0. The maximum absolute atomic E-state index is 10.7. The molecule has 0 radical (unpaired) electrons. The first kappa shape index (κ1) is 17.7. The van der Waals surface area contributed by atoms with Gasteiger partial charge in [-0.1, -0.05) is 0 Å². The first-order valence-corrected chi connectivity index (χ1v) is 9.95. The van der Waals surface area contributed by atoms with Crippen molar-refractivity contribution >= 4 is 5.65 Å². The third kappa shape index (κ3) is 3.41. The fourth-order valence-corrected chi connectivity index (χ4v) is 4.30. The molecule has 1 atom stereocenters. The Kier molecular flexibility index (Phi) is 4.58. The van der Waals surface area contributed by atoms with Gasteiger partial charge in [-0.2, -0.15) is 9.61 Å². The van der Waals surface area contributed by atoms with Crippen molar-refractivity contribution in [3.8, 4) is 5.82 Å². The normalized spacial score (nSPS) is 24.8. The molecule has 28 heavy (non-hydrogen) atoms. The van der Waals surface area contributed by atoms with Crippen molar-refractivity contribution in [1.29, 1.82) is 0 Å². The quantitative estimate of drug-likeness (QED) is 0.719. The van der Waals surface area contributed by atoms with Gasteiger partial charge in [-0.25, -0.2) is 4.68 Å². The number of piperidine rings is 1. The van der Waals surface area contributed by atoms with Crippen molar-refractivity contribution in [2.24, 2.45) is 0 Å². The molecule has 5 heterocycles. The number of aliphatic hydroxyl groups is 1. The summed E-state index contributed by atoms with van der Waals surface area (Å²) in [6, 6.07) is 5.70. The van der Waals surface area contributed by atoms with Crippen LogP contribution in [0.4, 0.5) is 0 Å². The van der Waals surface area contributed by atoms with E-state index < -0.39 is 5.60 Å². The number of β-amino-alcohol motifs (C(OH)–C–C–N with tert-alkyl or cyclic N) is 1. The summed E-state index contributed by atoms with van der Waals surface area (Å²) in [7, 11) is 0. The molecule has 2 fully saturated rings. The van der Waals surface area contributed by atoms with Gasteiger partial charge >= 0.3 is 0 Å². The summed E-state index contributed by atoms with van der Waals surface area (Å²) in [5.74, 6) is 1.96. The number of nitrogens with zero attached hydrogens (tertiary/aromatic N) is 7. The van der Waals surface area contributed by atoms with Crippen LogP contribution in [0.5, 0.6) is 0 Å². The van der Waals surface area contributed by atoms with Gasteiger partial charge in [0.1, 0.15) is 5.60 Å². The van der Waals surface area contributed by atoms with E-state index in [-0.39, 0.29) is 0 Å². The molecule has 2 saturated heterocycles. The Balaban J connectivity index is 1.30. The molecule has 0 amide bonds. The SMILES string of the molecule is OC1(CN2CCC(c3nnc4ccc(-n5cccn5)nn34)CC2)CCCOC1. The Morgan fingerprint density at radius 3 is 2.86 bits per heavy atom. The minimum absolute atomic E-state index is 0.309. The lowest BCUT2D eigenvalue weighted by molar-refractivity contribution is -0.102. The molecule has 1 unspecified atom stereocenters. The summed E-state index contributed by atoms with van der Waals surface area (Å²) in [5.41, 5.74) is 0.0503. The van der Waals surface area contributed by atoms with Crippen molar-refractivity contribution in [1.82, 2.24) is 34.5 Å². The summed E-state index contributed by atoms with van der Waals surface area (Å²) in [5, 5.41) is 28.4. The van der Waals surface area contributed by atoms with Crippen LogP contribution in [0.15, 0.2) is 30.6 Å². The van der Waals surface area contributed by atoms with Crippen molar-refractivity contribution < 1.29 is 9.84 Å². The van der Waals surface area contributed by atoms with Crippen LogP contribution < -0.4 is 0 Å². The van der Waals surface area contributed by atoms with Crippen molar-refractivity contribution in [3.63, 3.8) is 0 Å². The van der Waals surface area contributed by atoms with E-state index in [4.69, 9.17) is 9.84 Å². The summed E-state index contributed by atoms with van der Waals surface area (Å²) in [4.78, 5) is 2.34. The molecule has 5 rings (SSSR count). The van der Waals surface area contributed by atoms with E-state index in [1.165, 1.54) is 0 Å². The Morgan fingerprint density at radius 2 is 2.11 bits per heavy atom. The molecule has 0 aromatic carbocycles. The molecule has 0 bridgehead atoms. The molecule has 9 nitrogen and oxygen atoms in total. The van der Waals surface area contributed by atoms with Gasteiger partial charge < -0.3 is 14.7 Å². The van der Waals surface area contributed by atoms with Crippen LogP contribution in [-0.4, -0.2) is 78.0 Å². The number of aromatic nitrogens is 6. The van der Waals surface area contributed by atoms with Gasteiger partial charge in [0.25, 0.3) is 0 Å². The molecule has 2 aliphatic heterocycles. The zero-order valence-electron chi connectivity index (χ0n) is 15.8. The minimum Gasteiger partial charge on any atom is -0.386 e. The summed E-state index contributed by atoms with van der Waals surface area (Å²) in [6.45, 7) is 3.75.